The molecule has 6 nitrogen and oxygen atoms in total. The van der Waals surface area contributed by atoms with Crippen molar-refractivity contribution in [2.45, 2.75) is 52.2 Å². The van der Waals surface area contributed by atoms with Gasteiger partial charge >= 0.3 is 0 Å². The first-order chi connectivity index (χ1) is 12.4. The van der Waals surface area contributed by atoms with E-state index in [2.05, 4.69) is 58.1 Å². The first-order valence-electron chi connectivity index (χ1n) is 9.50. The van der Waals surface area contributed by atoms with E-state index < -0.39 is 0 Å². The van der Waals surface area contributed by atoms with Crippen LogP contribution in [0.1, 0.15) is 34.1 Å². The maximum absolute atomic E-state index is 6.27. The molecule has 1 aliphatic heterocycles. The Labute approximate surface area is 163 Å². The summed E-state index contributed by atoms with van der Waals surface area (Å²) in [6.07, 6.45) is 2.83. The Morgan fingerprint density at radius 1 is 1.38 bits per heavy atom. The highest BCUT2D eigenvalue weighted by Crippen LogP contribution is 2.25. The molecular weight excluding hydrogens is 348 g/mol. The van der Waals surface area contributed by atoms with Gasteiger partial charge in [0.25, 0.3) is 0 Å². The molecule has 0 aromatic carbocycles. The van der Waals surface area contributed by atoms with E-state index in [-0.39, 0.29) is 0 Å². The van der Waals surface area contributed by atoms with Crippen molar-refractivity contribution < 1.29 is 0 Å². The number of nitrogens with zero attached hydrogens (tertiary/aromatic N) is 4. The van der Waals surface area contributed by atoms with Gasteiger partial charge in [-0.1, -0.05) is 11.6 Å². The molecule has 1 aromatic heterocycles. The van der Waals surface area contributed by atoms with E-state index in [0.29, 0.717) is 23.1 Å². The van der Waals surface area contributed by atoms with Crippen molar-refractivity contribution in [1.82, 2.24) is 20.5 Å². The second kappa shape index (κ2) is 9.97. The lowest BCUT2D eigenvalue weighted by molar-refractivity contribution is 0.178. The third-order valence-electron chi connectivity index (χ3n) is 4.78. The summed E-state index contributed by atoms with van der Waals surface area (Å²) in [6, 6.07) is 5.17. The molecule has 2 rings (SSSR count). The SMILES string of the molecule is CN=C(NCCN(C(C)C)C(C)C)NC1CCN(c2ncccc2Cl)C1. The van der Waals surface area contributed by atoms with Crippen LogP contribution in [0.15, 0.2) is 23.3 Å². The number of rotatable bonds is 7. The average Bonchev–Trinajstić information content (AvgIpc) is 3.05. The third kappa shape index (κ3) is 5.74. The fourth-order valence-electron chi connectivity index (χ4n) is 3.48. The number of aromatic nitrogens is 1. The highest BCUT2D eigenvalue weighted by molar-refractivity contribution is 6.32. The van der Waals surface area contributed by atoms with E-state index in [0.717, 1.165) is 44.4 Å². The molecule has 1 aromatic rings. The fraction of sp³-hybridized carbons (Fsp3) is 0.684. The Morgan fingerprint density at radius 3 is 2.73 bits per heavy atom. The van der Waals surface area contributed by atoms with Gasteiger partial charge in [-0.3, -0.25) is 9.89 Å². The van der Waals surface area contributed by atoms with Gasteiger partial charge in [-0.05, 0) is 46.2 Å². The Kier molecular flexibility index (Phi) is 7.97. The number of anilines is 1. The van der Waals surface area contributed by atoms with Crippen LogP contribution in [0.4, 0.5) is 5.82 Å². The summed E-state index contributed by atoms with van der Waals surface area (Å²) in [7, 11) is 1.82. The maximum atomic E-state index is 6.27. The van der Waals surface area contributed by atoms with E-state index in [1.165, 1.54) is 0 Å². The number of nitrogens with one attached hydrogen (secondary N) is 2. The minimum absolute atomic E-state index is 0.338. The van der Waals surface area contributed by atoms with E-state index in [4.69, 9.17) is 11.6 Å². The minimum atomic E-state index is 0.338. The molecule has 1 atom stereocenters. The molecule has 146 valence electrons. The molecule has 1 aliphatic rings. The van der Waals surface area contributed by atoms with Gasteiger partial charge in [-0.15, -0.1) is 0 Å². The van der Waals surface area contributed by atoms with Gasteiger partial charge in [-0.2, -0.15) is 0 Å². The summed E-state index contributed by atoms with van der Waals surface area (Å²) < 4.78 is 0. The van der Waals surface area contributed by atoms with E-state index >= 15 is 0 Å². The first kappa shape index (κ1) is 20.8. The Hall–Kier alpha value is -1.53. The highest BCUT2D eigenvalue weighted by Gasteiger charge is 2.25. The van der Waals surface area contributed by atoms with Crippen LogP contribution in [0, 0.1) is 0 Å². The normalized spacial score (nSPS) is 18.3. The molecule has 0 spiro atoms. The van der Waals surface area contributed by atoms with Gasteiger partial charge < -0.3 is 15.5 Å². The van der Waals surface area contributed by atoms with Crippen molar-refractivity contribution in [3.63, 3.8) is 0 Å². The van der Waals surface area contributed by atoms with Gasteiger partial charge in [0.1, 0.15) is 5.82 Å². The zero-order chi connectivity index (χ0) is 19.1. The van der Waals surface area contributed by atoms with E-state index in [1.54, 1.807) is 6.20 Å². The molecule has 1 unspecified atom stereocenters. The standard InChI is InChI=1S/C19H33ClN6/c1-14(2)26(15(3)4)12-10-23-19(21-5)24-16-8-11-25(13-16)18-17(20)7-6-9-22-18/h6-7,9,14-16H,8,10-13H2,1-5H3,(H2,21,23,24). The molecule has 0 aliphatic carbocycles. The van der Waals surface area contributed by atoms with Crippen molar-refractivity contribution in [3.8, 4) is 0 Å². The highest BCUT2D eigenvalue weighted by atomic mass is 35.5. The number of pyridine rings is 1. The van der Waals surface area contributed by atoms with Gasteiger partial charge in [0, 0.05) is 57.5 Å². The van der Waals surface area contributed by atoms with Crippen LogP contribution in [0.3, 0.4) is 0 Å². The second-order valence-corrected chi connectivity index (χ2v) is 7.72. The van der Waals surface area contributed by atoms with Crippen LogP contribution in [0.2, 0.25) is 5.02 Å². The summed E-state index contributed by atoms with van der Waals surface area (Å²) in [5.74, 6) is 1.72. The molecule has 7 heteroatoms. The van der Waals surface area contributed by atoms with Crippen molar-refractivity contribution in [3.05, 3.63) is 23.4 Å². The predicted octanol–water partition coefficient (Wildman–Crippen LogP) is 2.60. The summed E-state index contributed by atoms with van der Waals surface area (Å²) >= 11 is 6.27. The van der Waals surface area contributed by atoms with Gasteiger partial charge in [0.15, 0.2) is 5.96 Å². The topological polar surface area (TPSA) is 55.8 Å². The second-order valence-electron chi connectivity index (χ2n) is 7.31. The molecule has 26 heavy (non-hydrogen) atoms. The van der Waals surface area contributed by atoms with E-state index in [1.807, 2.05) is 19.2 Å². The summed E-state index contributed by atoms with van der Waals surface area (Å²) in [4.78, 5) is 13.5. The zero-order valence-corrected chi connectivity index (χ0v) is 17.4. The smallest absolute Gasteiger partial charge is 0.191 e. The van der Waals surface area contributed by atoms with Crippen LogP contribution >= 0.6 is 11.6 Å². The van der Waals surface area contributed by atoms with E-state index in [9.17, 15) is 0 Å². The summed E-state index contributed by atoms with van der Waals surface area (Å²) in [5.41, 5.74) is 0. The maximum Gasteiger partial charge on any atom is 0.191 e. The van der Waals surface area contributed by atoms with Crippen molar-refractivity contribution in [2.75, 3.05) is 38.1 Å². The third-order valence-corrected chi connectivity index (χ3v) is 5.08. The van der Waals surface area contributed by atoms with Gasteiger partial charge in [0.05, 0.1) is 5.02 Å². The lowest BCUT2D eigenvalue weighted by Crippen LogP contribution is -2.48. The molecule has 2 N–H and O–H groups in total. The monoisotopic (exact) mass is 380 g/mol. The van der Waals surface area contributed by atoms with Crippen LogP contribution in [0.5, 0.6) is 0 Å². The fourth-order valence-corrected chi connectivity index (χ4v) is 3.73. The molecule has 2 heterocycles. The molecular formula is C19H33ClN6. The number of aliphatic imine (C=N–C) groups is 1. The largest absolute Gasteiger partial charge is 0.355 e. The molecule has 0 amide bonds. The Morgan fingerprint density at radius 2 is 2.12 bits per heavy atom. The summed E-state index contributed by atoms with van der Waals surface area (Å²) in [6.45, 7) is 12.6. The molecule has 0 saturated carbocycles. The van der Waals surface area contributed by atoms with Gasteiger partial charge in [-0.25, -0.2) is 4.98 Å². The Balaban J connectivity index is 1.81. The van der Waals surface area contributed by atoms with Crippen LogP contribution in [-0.4, -0.2) is 67.2 Å². The van der Waals surface area contributed by atoms with Crippen molar-refractivity contribution in [1.29, 1.82) is 0 Å². The Bertz CT molecular complexity index is 581. The van der Waals surface area contributed by atoms with Crippen LogP contribution < -0.4 is 15.5 Å². The quantitative estimate of drug-likeness (QED) is 0.562. The van der Waals surface area contributed by atoms with Crippen LogP contribution in [0.25, 0.3) is 0 Å². The molecule has 1 fully saturated rings. The zero-order valence-electron chi connectivity index (χ0n) is 16.7. The average molecular weight is 381 g/mol. The first-order valence-corrected chi connectivity index (χ1v) is 9.88. The summed E-state index contributed by atoms with van der Waals surface area (Å²) in [5, 5.41) is 7.67. The lowest BCUT2D eigenvalue weighted by atomic mass is 10.2. The van der Waals surface area contributed by atoms with Gasteiger partial charge in [0.2, 0.25) is 0 Å². The number of hydrogen-bond acceptors (Lipinski definition) is 4. The molecule has 0 bridgehead atoms. The number of hydrogen-bond donors (Lipinski definition) is 2. The van der Waals surface area contributed by atoms with Crippen LogP contribution in [-0.2, 0) is 0 Å². The molecule has 1 saturated heterocycles. The predicted molar refractivity (Wildman–Crippen MR) is 111 cm³/mol. The van der Waals surface area contributed by atoms with Crippen molar-refractivity contribution in [2.24, 2.45) is 4.99 Å². The molecule has 0 radical (unpaired) electrons. The number of guanidine groups is 1. The minimum Gasteiger partial charge on any atom is -0.355 e. The lowest BCUT2D eigenvalue weighted by Gasteiger charge is -2.30. The number of halogens is 1. The van der Waals surface area contributed by atoms with Crippen molar-refractivity contribution >= 4 is 23.4 Å².